The molecule has 0 radical (unpaired) electrons. The van der Waals surface area contributed by atoms with Crippen LogP contribution in [0.1, 0.15) is 38.3 Å². The number of para-hydroxylation sites is 3. The van der Waals surface area contributed by atoms with Gasteiger partial charge in [0.2, 0.25) is 11.9 Å². The Labute approximate surface area is 186 Å². The maximum atomic E-state index is 13.8. The molecule has 1 aliphatic rings. The average molecular weight is 431 g/mol. The number of carbonyl (C=O) groups is 2. The molecule has 0 unspecified atom stereocenters. The molecule has 1 amide bonds. The Balaban J connectivity index is 1.80. The van der Waals surface area contributed by atoms with Gasteiger partial charge in [0.15, 0.2) is 5.92 Å². The highest BCUT2D eigenvalue weighted by atomic mass is 16.5. The van der Waals surface area contributed by atoms with Gasteiger partial charge in [-0.25, -0.2) is 4.98 Å². The number of aromatic amines is 1. The average Bonchev–Trinajstić information content (AvgIpc) is 3.40. The summed E-state index contributed by atoms with van der Waals surface area (Å²) in [4.78, 5) is 36.8. The van der Waals surface area contributed by atoms with Gasteiger partial charge in [-0.15, -0.1) is 0 Å². The van der Waals surface area contributed by atoms with Gasteiger partial charge in [0.25, 0.3) is 0 Å². The van der Waals surface area contributed by atoms with E-state index >= 15 is 0 Å². The molecule has 32 heavy (non-hydrogen) atoms. The topological polar surface area (TPSA) is 80.2 Å². The predicted octanol–water partition coefficient (Wildman–Crippen LogP) is 4.43. The molecule has 5 rings (SSSR count). The fourth-order valence-electron chi connectivity index (χ4n) is 4.69. The Bertz CT molecular complexity index is 1310. The van der Waals surface area contributed by atoms with Crippen LogP contribution < -0.4 is 4.90 Å². The number of anilines is 1. The number of nitrogens with zero attached hydrogens (tertiary/aromatic N) is 3. The van der Waals surface area contributed by atoms with Crippen LogP contribution in [0.2, 0.25) is 0 Å². The number of benzene rings is 2. The zero-order valence-corrected chi connectivity index (χ0v) is 18.2. The smallest absolute Gasteiger partial charge is 0.321 e. The summed E-state index contributed by atoms with van der Waals surface area (Å²) in [6.45, 7) is 4.57. The van der Waals surface area contributed by atoms with Crippen LogP contribution in [0.25, 0.3) is 21.9 Å². The number of rotatable bonds is 6. The summed E-state index contributed by atoms with van der Waals surface area (Å²) in [7, 11) is 0. The molecule has 0 bridgehead atoms. The quantitative estimate of drug-likeness (QED) is 0.362. The highest BCUT2D eigenvalue weighted by Gasteiger charge is 2.48. The van der Waals surface area contributed by atoms with Crippen molar-refractivity contribution in [1.29, 1.82) is 0 Å². The van der Waals surface area contributed by atoms with E-state index < -0.39 is 17.9 Å². The van der Waals surface area contributed by atoms with E-state index in [1.165, 1.54) is 0 Å². The van der Waals surface area contributed by atoms with Crippen LogP contribution in [0.5, 0.6) is 0 Å². The third-order valence-electron chi connectivity index (χ3n) is 6.16. The summed E-state index contributed by atoms with van der Waals surface area (Å²) in [5.41, 5.74) is 3.52. The molecule has 2 aromatic heterocycles. The summed E-state index contributed by atoms with van der Waals surface area (Å²) in [6.07, 6.45) is 3.65. The monoisotopic (exact) mass is 430 g/mol. The number of H-pyrrole nitrogens is 1. The van der Waals surface area contributed by atoms with Gasteiger partial charge in [0, 0.05) is 29.2 Å². The lowest BCUT2D eigenvalue weighted by Gasteiger charge is -2.37. The first kappa shape index (κ1) is 20.3. The molecule has 1 aliphatic heterocycles. The second kappa shape index (κ2) is 8.15. The third kappa shape index (κ3) is 3.07. The second-order valence-corrected chi connectivity index (χ2v) is 8.08. The standard InChI is InChI=1S/C25H26N4O3/c1-3-5-14-28-23(30)21(24(31)32-4-2)22(17-15-26-18-11-7-6-10-16(17)18)29-20-13-9-8-12-19(20)27-25(28)29/h6-13,15,21-22,26H,3-5,14H2,1-2H3/t21-,22-/m0/s1. The van der Waals surface area contributed by atoms with Gasteiger partial charge in [-0.05, 0) is 31.5 Å². The molecule has 0 spiro atoms. The van der Waals surface area contributed by atoms with Crippen molar-refractivity contribution in [2.45, 2.75) is 32.7 Å². The number of fused-ring (bicyclic) bond motifs is 4. The molecule has 3 heterocycles. The van der Waals surface area contributed by atoms with Gasteiger partial charge in [0.1, 0.15) is 0 Å². The fourth-order valence-corrected chi connectivity index (χ4v) is 4.69. The molecule has 2 atom stereocenters. The van der Waals surface area contributed by atoms with Crippen molar-refractivity contribution in [1.82, 2.24) is 14.5 Å². The van der Waals surface area contributed by atoms with E-state index in [9.17, 15) is 9.59 Å². The van der Waals surface area contributed by atoms with E-state index in [1.54, 1.807) is 11.8 Å². The van der Waals surface area contributed by atoms with Crippen molar-refractivity contribution in [3.8, 4) is 0 Å². The largest absolute Gasteiger partial charge is 0.465 e. The highest BCUT2D eigenvalue weighted by Crippen LogP contribution is 2.43. The molecule has 164 valence electrons. The molecular weight excluding hydrogens is 404 g/mol. The summed E-state index contributed by atoms with van der Waals surface area (Å²) < 4.78 is 7.46. The molecule has 7 heteroatoms. The SMILES string of the molecule is CCCCN1C(=O)[C@@H](C(=O)OCC)[C@H](c2c[nH]c3ccccc23)n2c1nc1ccccc12. The minimum atomic E-state index is -0.990. The van der Waals surface area contributed by atoms with Crippen molar-refractivity contribution in [3.05, 3.63) is 60.3 Å². The summed E-state index contributed by atoms with van der Waals surface area (Å²) in [5, 5.41) is 0.977. The van der Waals surface area contributed by atoms with Crippen LogP contribution in [0.4, 0.5) is 5.95 Å². The van der Waals surface area contributed by atoms with Gasteiger partial charge >= 0.3 is 5.97 Å². The normalized spacial score (nSPS) is 18.3. The van der Waals surface area contributed by atoms with Crippen LogP contribution in [0.3, 0.4) is 0 Å². The minimum absolute atomic E-state index is 0.218. The number of carbonyl (C=O) groups excluding carboxylic acids is 2. The van der Waals surface area contributed by atoms with Crippen LogP contribution >= 0.6 is 0 Å². The van der Waals surface area contributed by atoms with Crippen molar-refractivity contribution < 1.29 is 14.3 Å². The number of aromatic nitrogens is 3. The van der Waals surface area contributed by atoms with E-state index in [-0.39, 0.29) is 12.5 Å². The maximum absolute atomic E-state index is 13.8. The molecule has 0 aliphatic carbocycles. The Morgan fingerprint density at radius 1 is 1.12 bits per heavy atom. The van der Waals surface area contributed by atoms with Gasteiger partial charge in [0.05, 0.1) is 23.7 Å². The van der Waals surface area contributed by atoms with Gasteiger partial charge in [-0.3, -0.25) is 14.5 Å². The molecule has 4 aromatic rings. The Morgan fingerprint density at radius 3 is 2.72 bits per heavy atom. The van der Waals surface area contributed by atoms with Crippen LogP contribution in [-0.4, -0.2) is 39.6 Å². The second-order valence-electron chi connectivity index (χ2n) is 8.08. The summed E-state index contributed by atoms with van der Waals surface area (Å²) >= 11 is 0. The number of amides is 1. The number of ether oxygens (including phenoxy) is 1. The molecule has 7 nitrogen and oxygen atoms in total. The lowest BCUT2D eigenvalue weighted by Crippen LogP contribution is -2.50. The van der Waals surface area contributed by atoms with Crippen molar-refractivity contribution in [2.24, 2.45) is 5.92 Å². The zero-order chi connectivity index (χ0) is 22.2. The Hall–Kier alpha value is -3.61. The lowest BCUT2D eigenvalue weighted by molar-refractivity contribution is -0.153. The number of hydrogen-bond donors (Lipinski definition) is 1. The van der Waals surface area contributed by atoms with Gasteiger partial charge < -0.3 is 14.3 Å². The maximum Gasteiger partial charge on any atom is 0.321 e. The van der Waals surface area contributed by atoms with Gasteiger partial charge in [-0.2, -0.15) is 0 Å². The number of hydrogen-bond acceptors (Lipinski definition) is 4. The van der Waals surface area contributed by atoms with Gasteiger partial charge in [-0.1, -0.05) is 43.7 Å². The molecule has 0 fully saturated rings. The van der Waals surface area contributed by atoms with E-state index in [0.29, 0.717) is 12.5 Å². The van der Waals surface area contributed by atoms with E-state index in [0.717, 1.165) is 40.3 Å². The summed E-state index contributed by atoms with van der Waals surface area (Å²) in [5.74, 6) is -1.16. The number of unbranched alkanes of at least 4 members (excludes halogenated alkanes) is 1. The third-order valence-corrected chi connectivity index (χ3v) is 6.16. The minimum Gasteiger partial charge on any atom is -0.465 e. The number of nitrogens with one attached hydrogen (secondary N) is 1. The van der Waals surface area contributed by atoms with Crippen molar-refractivity contribution in [2.75, 3.05) is 18.1 Å². The highest BCUT2D eigenvalue weighted by molar-refractivity contribution is 6.09. The first-order valence-corrected chi connectivity index (χ1v) is 11.2. The Kier molecular flexibility index (Phi) is 5.17. The first-order valence-electron chi connectivity index (χ1n) is 11.2. The van der Waals surface area contributed by atoms with Crippen LogP contribution in [0.15, 0.2) is 54.7 Å². The van der Waals surface area contributed by atoms with Crippen molar-refractivity contribution in [3.63, 3.8) is 0 Å². The van der Waals surface area contributed by atoms with Crippen LogP contribution in [-0.2, 0) is 14.3 Å². The molecule has 0 saturated carbocycles. The first-order chi connectivity index (χ1) is 15.7. The Morgan fingerprint density at radius 2 is 1.91 bits per heavy atom. The number of esters is 1. The predicted molar refractivity (Wildman–Crippen MR) is 124 cm³/mol. The molecule has 2 aromatic carbocycles. The summed E-state index contributed by atoms with van der Waals surface area (Å²) in [6, 6.07) is 15.2. The fraction of sp³-hybridized carbons (Fsp3) is 0.320. The molecular formula is C25H26N4O3. The van der Waals surface area contributed by atoms with E-state index in [1.807, 2.05) is 59.3 Å². The number of imidazole rings is 1. The van der Waals surface area contributed by atoms with Crippen molar-refractivity contribution >= 4 is 39.8 Å². The molecule has 1 N–H and O–H groups in total. The van der Waals surface area contributed by atoms with E-state index in [2.05, 4.69) is 11.9 Å². The molecule has 0 saturated heterocycles. The van der Waals surface area contributed by atoms with Crippen LogP contribution in [0, 0.1) is 5.92 Å². The van der Waals surface area contributed by atoms with E-state index in [4.69, 9.17) is 9.72 Å². The zero-order valence-electron chi connectivity index (χ0n) is 18.2. The lowest BCUT2D eigenvalue weighted by atomic mass is 9.89.